The number of phenols is 1. The second-order valence-electron chi connectivity index (χ2n) is 7.23. The Hall–Kier alpha value is -3.40. The lowest BCUT2D eigenvalue weighted by Gasteiger charge is -2.34. The van der Waals surface area contributed by atoms with Gasteiger partial charge in [-0.05, 0) is 35.9 Å². The number of rotatable bonds is 4. The molecule has 2 heterocycles. The molecule has 7 nitrogen and oxygen atoms in total. The van der Waals surface area contributed by atoms with E-state index in [1.807, 2.05) is 0 Å². The number of hydrogen-bond acceptors (Lipinski definition) is 5. The second-order valence-corrected chi connectivity index (χ2v) is 7.67. The number of methoxy groups -OCH3 is 1. The highest BCUT2D eigenvalue weighted by molar-refractivity contribution is 6.31. The molecule has 0 bridgehead atoms. The van der Waals surface area contributed by atoms with Gasteiger partial charge in [0.05, 0.1) is 25.0 Å². The predicted molar refractivity (Wildman–Crippen MR) is 112 cm³/mol. The van der Waals surface area contributed by atoms with E-state index in [0.717, 1.165) is 10.9 Å². The van der Waals surface area contributed by atoms with Crippen LogP contribution in [0.2, 0.25) is 5.02 Å². The standard InChI is InChI=1S/C21H18ClF3N4O3/c1-32-13-5-2-11(3-6-13)15-9-18(21(23,24)25)29-19(27-15)14(10-26-29)20(31)28-16-8-12(22)4-7-17(16)30/h2-8,10,15,18,27,30H,9H2,1H3,(H,28,31)/t15-,18-/m1/s1. The first kappa shape index (κ1) is 21.8. The maximum Gasteiger partial charge on any atom is 0.410 e. The molecule has 2 aromatic carbocycles. The van der Waals surface area contributed by atoms with Crippen LogP contribution in [0, 0.1) is 0 Å². The molecule has 0 saturated heterocycles. The van der Waals surface area contributed by atoms with Crippen molar-refractivity contribution in [2.45, 2.75) is 24.7 Å². The number of carbonyl (C=O) groups is 1. The summed E-state index contributed by atoms with van der Waals surface area (Å²) in [6.45, 7) is 0. The lowest BCUT2D eigenvalue weighted by Crippen LogP contribution is -2.36. The van der Waals surface area contributed by atoms with Crippen molar-refractivity contribution in [1.29, 1.82) is 0 Å². The molecular weight excluding hydrogens is 449 g/mol. The van der Waals surface area contributed by atoms with E-state index < -0.39 is 24.2 Å². The molecule has 1 amide bonds. The number of phenolic OH excluding ortho intramolecular Hbond substituents is 1. The zero-order chi connectivity index (χ0) is 23.0. The highest BCUT2D eigenvalue weighted by atomic mass is 35.5. The van der Waals surface area contributed by atoms with Gasteiger partial charge in [-0.15, -0.1) is 0 Å². The summed E-state index contributed by atoms with van der Waals surface area (Å²) in [6.07, 6.45) is -3.82. The average molecular weight is 467 g/mol. The first-order chi connectivity index (χ1) is 15.2. The van der Waals surface area contributed by atoms with Crippen molar-refractivity contribution < 1.29 is 27.8 Å². The number of hydrogen-bond donors (Lipinski definition) is 3. The van der Waals surface area contributed by atoms with Crippen LogP contribution in [0.3, 0.4) is 0 Å². The number of benzene rings is 2. The van der Waals surface area contributed by atoms with E-state index in [4.69, 9.17) is 16.3 Å². The number of anilines is 2. The Bertz CT molecular complexity index is 1150. The maximum atomic E-state index is 13.8. The van der Waals surface area contributed by atoms with E-state index in [0.29, 0.717) is 11.3 Å². The lowest BCUT2D eigenvalue weighted by atomic mass is 9.96. The predicted octanol–water partition coefficient (Wildman–Crippen LogP) is 5.16. The Morgan fingerprint density at radius 3 is 2.66 bits per heavy atom. The zero-order valence-electron chi connectivity index (χ0n) is 16.7. The van der Waals surface area contributed by atoms with Gasteiger partial charge in [0, 0.05) is 11.4 Å². The van der Waals surface area contributed by atoms with Gasteiger partial charge in [0.25, 0.3) is 5.91 Å². The summed E-state index contributed by atoms with van der Waals surface area (Å²) in [4.78, 5) is 12.8. The van der Waals surface area contributed by atoms with E-state index in [2.05, 4.69) is 15.7 Å². The van der Waals surface area contributed by atoms with Crippen LogP contribution < -0.4 is 15.4 Å². The summed E-state index contributed by atoms with van der Waals surface area (Å²) in [5, 5.41) is 19.5. The van der Waals surface area contributed by atoms with Crippen LogP contribution in [-0.4, -0.2) is 34.1 Å². The quantitative estimate of drug-likeness (QED) is 0.462. The van der Waals surface area contributed by atoms with Gasteiger partial charge in [-0.25, -0.2) is 4.68 Å². The number of aromatic hydroxyl groups is 1. The number of halogens is 4. The average Bonchev–Trinajstić information content (AvgIpc) is 3.19. The minimum atomic E-state index is -4.58. The smallest absolute Gasteiger partial charge is 0.410 e. The highest BCUT2D eigenvalue weighted by Crippen LogP contribution is 2.44. The first-order valence-corrected chi connectivity index (χ1v) is 9.89. The Balaban J connectivity index is 1.69. The third kappa shape index (κ3) is 4.18. The summed E-state index contributed by atoms with van der Waals surface area (Å²) in [5.74, 6) is -0.476. The molecule has 0 fully saturated rings. The number of ether oxygens (including phenoxy) is 1. The first-order valence-electron chi connectivity index (χ1n) is 9.52. The summed E-state index contributed by atoms with van der Waals surface area (Å²) in [6, 6.07) is 8.06. The number of aromatic nitrogens is 2. The van der Waals surface area contributed by atoms with E-state index in [1.54, 1.807) is 24.3 Å². The lowest BCUT2D eigenvalue weighted by molar-refractivity contribution is -0.173. The number of fused-ring (bicyclic) bond motifs is 1. The summed E-state index contributed by atoms with van der Waals surface area (Å²) in [7, 11) is 1.49. The second kappa shape index (κ2) is 8.27. The van der Waals surface area contributed by atoms with Crippen LogP contribution in [0.5, 0.6) is 11.5 Å². The van der Waals surface area contributed by atoms with Crippen LogP contribution in [0.25, 0.3) is 0 Å². The van der Waals surface area contributed by atoms with Crippen LogP contribution >= 0.6 is 11.6 Å². The monoisotopic (exact) mass is 466 g/mol. The number of carbonyl (C=O) groups excluding carboxylic acids is 1. The molecule has 168 valence electrons. The Morgan fingerprint density at radius 1 is 1.28 bits per heavy atom. The molecule has 11 heteroatoms. The molecule has 1 aliphatic rings. The molecule has 1 aromatic heterocycles. The molecule has 4 rings (SSSR count). The Labute approximate surface area is 185 Å². The minimum Gasteiger partial charge on any atom is -0.506 e. The normalized spacial score (nSPS) is 17.9. The van der Waals surface area contributed by atoms with Crippen LogP contribution in [0.4, 0.5) is 24.7 Å². The molecule has 0 unspecified atom stereocenters. The van der Waals surface area contributed by atoms with Gasteiger partial charge >= 0.3 is 6.18 Å². The molecule has 3 N–H and O–H groups in total. The summed E-state index contributed by atoms with van der Waals surface area (Å²) in [5.41, 5.74) is 0.528. The van der Waals surface area contributed by atoms with E-state index in [1.165, 1.54) is 25.3 Å². The largest absolute Gasteiger partial charge is 0.506 e. The third-order valence-corrected chi connectivity index (χ3v) is 5.44. The maximum absolute atomic E-state index is 13.8. The molecule has 1 aliphatic heterocycles. The summed E-state index contributed by atoms with van der Waals surface area (Å²) >= 11 is 5.89. The van der Waals surface area contributed by atoms with Crippen molar-refractivity contribution in [3.63, 3.8) is 0 Å². The van der Waals surface area contributed by atoms with Gasteiger partial charge in [-0.1, -0.05) is 23.7 Å². The van der Waals surface area contributed by atoms with Crippen molar-refractivity contribution in [2.24, 2.45) is 0 Å². The van der Waals surface area contributed by atoms with Crippen molar-refractivity contribution in [3.05, 3.63) is 64.8 Å². The van der Waals surface area contributed by atoms with E-state index in [9.17, 15) is 23.1 Å². The molecule has 0 saturated carbocycles. The molecule has 2 atom stereocenters. The van der Waals surface area contributed by atoms with Gasteiger partial charge in [-0.2, -0.15) is 18.3 Å². The Kier molecular flexibility index (Phi) is 5.64. The van der Waals surface area contributed by atoms with Gasteiger partial charge < -0.3 is 20.5 Å². The molecule has 3 aromatic rings. The van der Waals surface area contributed by atoms with E-state index >= 15 is 0 Å². The number of alkyl halides is 3. The third-order valence-electron chi connectivity index (χ3n) is 5.21. The molecule has 0 aliphatic carbocycles. The van der Waals surface area contributed by atoms with Crippen LogP contribution in [0.15, 0.2) is 48.7 Å². The van der Waals surface area contributed by atoms with Crippen molar-refractivity contribution in [2.75, 3.05) is 17.7 Å². The van der Waals surface area contributed by atoms with E-state index in [-0.39, 0.29) is 34.3 Å². The van der Waals surface area contributed by atoms with Gasteiger partial charge in [0.15, 0.2) is 6.04 Å². The van der Waals surface area contributed by atoms with Gasteiger partial charge in [-0.3, -0.25) is 4.79 Å². The summed E-state index contributed by atoms with van der Waals surface area (Å²) < 4.78 is 47.4. The SMILES string of the molecule is COc1ccc([C@H]2C[C@H](C(F)(F)F)n3ncc(C(=O)Nc4cc(Cl)ccc4O)c3N2)cc1. The topological polar surface area (TPSA) is 88.4 Å². The number of amides is 1. The van der Waals surface area contributed by atoms with Crippen molar-refractivity contribution in [1.82, 2.24) is 9.78 Å². The van der Waals surface area contributed by atoms with Crippen molar-refractivity contribution in [3.8, 4) is 11.5 Å². The minimum absolute atomic E-state index is 0.0253. The van der Waals surface area contributed by atoms with Gasteiger partial charge in [0.1, 0.15) is 22.9 Å². The number of nitrogens with zero attached hydrogens (tertiary/aromatic N) is 2. The van der Waals surface area contributed by atoms with Gasteiger partial charge in [0.2, 0.25) is 0 Å². The molecular formula is C21H18ClF3N4O3. The fourth-order valence-electron chi connectivity index (χ4n) is 3.58. The molecule has 0 radical (unpaired) electrons. The fourth-order valence-corrected chi connectivity index (χ4v) is 3.75. The van der Waals surface area contributed by atoms with Crippen LogP contribution in [0.1, 0.15) is 34.4 Å². The van der Waals surface area contributed by atoms with Crippen LogP contribution in [-0.2, 0) is 0 Å². The van der Waals surface area contributed by atoms with Crippen molar-refractivity contribution >= 4 is 29.0 Å². The Morgan fingerprint density at radius 2 is 2.00 bits per heavy atom. The number of nitrogens with one attached hydrogen (secondary N) is 2. The molecule has 0 spiro atoms. The highest BCUT2D eigenvalue weighted by Gasteiger charge is 2.47. The molecule has 32 heavy (non-hydrogen) atoms. The fraction of sp³-hybridized carbons (Fsp3) is 0.238. The zero-order valence-corrected chi connectivity index (χ0v) is 17.4.